The smallest absolute Gasteiger partial charge is 0.418 e. The number of aliphatic hydroxyl groups is 1. The number of hydrogen-bond acceptors (Lipinski definition) is 23. The summed E-state index contributed by atoms with van der Waals surface area (Å²) in [7, 11) is 0. The number of nitrogens with one attached hydrogen (secondary N) is 3. The van der Waals surface area contributed by atoms with E-state index in [2.05, 4.69) is 81.1 Å². The van der Waals surface area contributed by atoms with Crippen molar-refractivity contribution < 1.29 is 84.3 Å². The first kappa shape index (κ1) is 82.2. The maximum absolute atomic E-state index is 14.0. The van der Waals surface area contributed by atoms with Gasteiger partial charge in [-0.05, 0) is 127 Å². The molecule has 0 radical (unpaired) electrons. The van der Waals surface area contributed by atoms with E-state index in [1.165, 1.54) is 67.3 Å². The number of nitrogen functional groups attached to an aromatic ring is 4. The van der Waals surface area contributed by atoms with Crippen LogP contribution in [-0.2, 0) is 18.5 Å². The minimum Gasteiger partial charge on any atom is -0.477 e. The Kier molecular flexibility index (Phi) is 28.0. The van der Waals surface area contributed by atoms with Gasteiger partial charge in [0.25, 0.3) is 0 Å². The van der Waals surface area contributed by atoms with Crippen molar-refractivity contribution in [1.29, 1.82) is 0 Å². The van der Waals surface area contributed by atoms with E-state index >= 15 is 0 Å². The molecule has 8 aromatic rings. The first-order valence-corrected chi connectivity index (χ1v) is 32.2. The molecule has 33 heteroatoms. The van der Waals surface area contributed by atoms with Gasteiger partial charge in [-0.15, -0.1) is 0 Å². The number of anilines is 7. The molecule has 8 aromatic heterocycles. The highest BCUT2D eigenvalue weighted by atomic mass is 19.4. The second kappa shape index (κ2) is 35.4. The van der Waals surface area contributed by atoms with Gasteiger partial charge in [0.1, 0.15) is 69.3 Å². The summed E-state index contributed by atoms with van der Waals surface area (Å²) in [5, 5.41) is 17.8. The van der Waals surface area contributed by atoms with Gasteiger partial charge in [-0.25, -0.2) is 44.3 Å². The van der Waals surface area contributed by atoms with Crippen LogP contribution in [0.4, 0.5) is 84.6 Å². The SMILES string of the molecule is C=C(F)c1ccc(N2CCN[C@@H](CC(C)C)C2)nc1C(=O)c1cccnc1N.CC(C)(CN)CNc1ccc(C(F)(F)F)c(C(=O)c2cccnc2N)n1.C[C@H](COc1ccc(C(F)(F)F)c(C(=O)c2cccnc2N)n1)C(C)(C)C.Nc1ncccc1C(=O)c1nc(NCCO)ccc1C(F)(F)F.[HH].[HH].[HH].[HH].[HH].[HH].[HH].[HH]. The highest BCUT2D eigenvalue weighted by Crippen LogP contribution is 2.38. The van der Waals surface area contributed by atoms with Crippen molar-refractivity contribution >= 4 is 69.7 Å². The van der Waals surface area contributed by atoms with Crippen molar-refractivity contribution in [3.05, 3.63) is 196 Å². The van der Waals surface area contributed by atoms with Crippen molar-refractivity contribution in [2.24, 2.45) is 28.4 Å². The summed E-state index contributed by atoms with van der Waals surface area (Å²) in [6, 6.07) is 20.7. The van der Waals surface area contributed by atoms with Gasteiger partial charge in [-0.1, -0.05) is 62.0 Å². The first-order chi connectivity index (χ1) is 48.7. The molecule has 104 heavy (non-hydrogen) atoms. The van der Waals surface area contributed by atoms with Gasteiger partial charge in [0.15, 0.2) is 0 Å². The van der Waals surface area contributed by atoms with Gasteiger partial charge in [0.2, 0.25) is 29.0 Å². The molecular weight excluding hydrogens is 1380 g/mol. The van der Waals surface area contributed by atoms with Crippen molar-refractivity contribution in [3.8, 4) is 5.88 Å². The fourth-order valence-corrected chi connectivity index (χ4v) is 9.61. The summed E-state index contributed by atoms with van der Waals surface area (Å²) in [5.41, 5.74) is 22.1. The molecule has 0 aromatic carbocycles. The number of carbonyl (C=O) groups is 4. The van der Waals surface area contributed by atoms with E-state index in [9.17, 15) is 63.1 Å². The number of aromatic nitrogens is 8. The van der Waals surface area contributed by atoms with Gasteiger partial charge in [0.05, 0.1) is 52.2 Å². The van der Waals surface area contributed by atoms with Gasteiger partial charge in [-0.2, -0.15) is 39.5 Å². The molecule has 1 saturated heterocycles. The molecule has 2 atom stereocenters. The van der Waals surface area contributed by atoms with Crippen molar-refractivity contribution in [1.82, 2.24) is 45.2 Å². The zero-order chi connectivity index (χ0) is 77.2. The van der Waals surface area contributed by atoms with Gasteiger partial charge >= 0.3 is 18.5 Å². The topological polar surface area (TPSA) is 370 Å². The average molecular weight is 1470 g/mol. The lowest BCUT2D eigenvalue weighted by Gasteiger charge is -2.35. The van der Waals surface area contributed by atoms with Gasteiger partial charge < -0.3 is 59.4 Å². The number of halogens is 10. The fourth-order valence-electron chi connectivity index (χ4n) is 9.61. The quantitative estimate of drug-likeness (QED) is 0.0225. The lowest BCUT2D eigenvalue weighted by molar-refractivity contribution is -0.139. The van der Waals surface area contributed by atoms with E-state index in [0.717, 1.165) is 56.4 Å². The molecule has 14 N–H and O–H groups in total. The predicted octanol–water partition coefficient (Wildman–Crippen LogP) is 13.8. The third-order valence-electron chi connectivity index (χ3n) is 16.0. The molecule has 1 aliphatic heterocycles. The summed E-state index contributed by atoms with van der Waals surface area (Å²) < 4.78 is 139. The van der Waals surface area contributed by atoms with Crippen LogP contribution in [0.15, 0.2) is 128 Å². The average Bonchev–Trinajstić information content (AvgIpc) is 0.814. The third-order valence-corrected chi connectivity index (χ3v) is 16.0. The second-order valence-electron chi connectivity index (χ2n) is 25.9. The molecule has 1 fully saturated rings. The Balaban J connectivity index is -0.00000138. The Hall–Kier alpha value is -10.8. The van der Waals surface area contributed by atoms with Crippen molar-refractivity contribution in [2.45, 2.75) is 86.4 Å². The number of carbonyl (C=O) groups excluding carboxylic acids is 4. The number of alkyl halides is 9. The lowest BCUT2D eigenvalue weighted by Crippen LogP contribution is -2.51. The van der Waals surface area contributed by atoms with Crippen molar-refractivity contribution in [3.63, 3.8) is 0 Å². The summed E-state index contributed by atoms with van der Waals surface area (Å²) in [6.45, 7) is 22.8. The largest absolute Gasteiger partial charge is 0.477 e. The summed E-state index contributed by atoms with van der Waals surface area (Å²) in [4.78, 5) is 83.9. The highest BCUT2D eigenvalue weighted by molar-refractivity contribution is 6.14. The third kappa shape index (κ3) is 22.6. The van der Waals surface area contributed by atoms with Crippen LogP contribution in [0.25, 0.3) is 5.83 Å². The van der Waals surface area contributed by atoms with Crippen LogP contribution in [0.2, 0.25) is 0 Å². The molecule has 572 valence electrons. The summed E-state index contributed by atoms with van der Waals surface area (Å²) in [6.07, 6.45) is -7.66. The first-order valence-electron chi connectivity index (χ1n) is 32.2. The Morgan fingerprint density at radius 3 is 1.39 bits per heavy atom. The summed E-state index contributed by atoms with van der Waals surface area (Å²) >= 11 is 0. The standard InChI is InChI=1S/C21H26FN5O.C19H22F3N3O2.C17H20F3N5O.C14H13F3N4O2.8H2/c1-13(2)11-15-12-27(10-9-24-15)18-7-6-16(14(3)22)19(26-18)20(28)17-5-4-8-25-21(17)23;1-11(18(2,3)4)10-27-14-8-7-13(19(20,21)22)15(25-14)16(26)12-6-5-9-24-17(12)23;1-16(2,8-21)9-24-12-6-5-11(17(18,19)20)13(25-12)14(26)10-4-3-7-23-15(10)22;15-14(16,17)9-3-4-10(19-6-7-22)21-11(9)12(23)8-2-1-5-20-13(8)18;;;;;;;;/h4-8,13,15,24H,3,9-12H2,1-2H3,(H2,23,25);5-9,11H,10H2,1-4H3,(H2,23,24);3-7H,8-9,21H2,1-2H3,(H2,22,23)(H,24,25);1-5,22H,6-7H2,(H2,18,20)(H,19,21);8*1H/t15-;11-;;;;;;;;;;/m01........../s1. The number of hydrogen-bond donors (Lipinski definition) is 9. The molecule has 0 spiro atoms. The monoisotopic (exact) mass is 1470 g/mol. The van der Waals surface area contributed by atoms with Crippen LogP contribution < -0.4 is 54.3 Å². The molecule has 23 nitrogen and oxygen atoms in total. The van der Waals surface area contributed by atoms with Crippen LogP contribution >= 0.6 is 0 Å². The van der Waals surface area contributed by atoms with E-state index in [4.69, 9.17) is 38.5 Å². The highest BCUT2D eigenvalue weighted by Gasteiger charge is 2.40. The van der Waals surface area contributed by atoms with E-state index in [1.54, 1.807) is 24.3 Å². The van der Waals surface area contributed by atoms with E-state index in [-0.39, 0.29) is 122 Å². The van der Waals surface area contributed by atoms with Crippen LogP contribution in [0.3, 0.4) is 0 Å². The lowest BCUT2D eigenvalue weighted by atomic mass is 9.83. The number of piperazine rings is 1. The molecule has 9 rings (SSSR count). The van der Waals surface area contributed by atoms with Crippen LogP contribution in [-0.4, -0.2) is 127 Å². The maximum atomic E-state index is 14.0. The number of pyridine rings is 8. The normalized spacial score (nSPS) is 13.5. The number of ether oxygens (including phenoxy) is 1. The number of aliphatic hydroxyl groups excluding tert-OH is 1. The number of nitrogens with two attached hydrogens (primary N) is 5. The van der Waals surface area contributed by atoms with Crippen LogP contribution in [0, 0.1) is 22.7 Å². The summed E-state index contributed by atoms with van der Waals surface area (Å²) in [5.74, 6) is -2.97. The number of ketones is 4. The zero-order valence-corrected chi connectivity index (χ0v) is 58.0. The number of nitrogens with zero attached hydrogens (tertiary/aromatic N) is 9. The minimum absolute atomic E-state index is 0. The van der Waals surface area contributed by atoms with E-state index in [0.29, 0.717) is 30.9 Å². The van der Waals surface area contributed by atoms with Gasteiger partial charge in [0, 0.05) is 86.6 Å². The molecule has 0 bridgehead atoms. The van der Waals surface area contributed by atoms with Gasteiger partial charge in [-0.3, -0.25) is 19.2 Å². The van der Waals surface area contributed by atoms with E-state index in [1.807, 2.05) is 41.5 Å². The van der Waals surface area contributed by atoms with Crippen LogP contribution in [0.1, 0.15) is 160 Å². The van der Waals surface area contributed by atoms with E-state index < -0.39 is 81.3 Å². The fraction of sp³-hybridized carbons (Fsp3) is 0.352. The predicted molar refractivity (Wildman–Crippen MR) is 392 cm³/mol. The molecule has 0 saturated carbocycles. The molecule has 0 unspecified atom stereocenters. The minimum atomic E-state index is -4.75. The van der Waals surface area contributed by atoms with Crippen LogP contribution in [0.5, 0.6) is 5.88 Å². The molecule has 1 aliphatic rings. The Morgan fingerprint density at radius 2 is 1.01 bits per heavy atom. The molecule has 0 amide bonds. The molecular formula is C71H97F10N17O6. The second-order valence-corrected chi connectivity index (χ2v) is 25.9. The molecule has 9 heterocycles. The molecule has 0 aliphatic carbocycles. The number of rotatable bonds is 22. The maximum Gasteiger partial charge on any atom is 0.418 e. The Labute approximate surface area is 604 Å². The zero-order valence-electron chi connectivity index (χ0n) is 58.0. The van der Waals surface area contributed by atoms with Crippen molar-refractivity contribution in [2.75, 3.05) is 91.0 Å². The Bertz CT molecular complexity index is 4360. The Morgan fingerprint density at radius 1 is 0.596 bits per heavy atom.